The Morgan fingerprint density at radius 1 is 1.12 bits per heavy atom. The summed E-state index contributed by atoms with van der Waals surface area (Å²) >= 11 is 0. The number of hydrogen-bond acceptors (Lipinski definition) is 7. The van der Waals surface area contributed by atoms with E-state index in [0.717, 1.165) is 12.5 Å². The molecule has 136 valence electrons. The van der Waals surface area contributed by atoms with Gasteiger partial charge in [-0.25, -0.2) is 16.8 Å². The zero-order chi connectivity index (χ0) is 19.0. The summed E-state index contributed by atoms with van der Waals surface area (Å²) in [5.41, 5.74) is 0.549. The fourth-order valence-electron chi connectivity index (χ4n) is 2.44. The Balaban J connectivity index is 2.64. The lowest BCUT2D eigenvalue weighted by Gasteiger charge is -2.08. The molecule has 1 aromatic heterocycles. The first-order chi connectivity index (χ1) is 11.5. The zero-order valence-electron chi connectivity index (χ0n) is 14.4. The molecule has 0 aliphatic heterocycles. The highest BCUT2D eigenvalue weighted by atomic mass is 32.2. The Hall–Kier alpha value is -2.00. The minimum Gasteiger partial charge on any atom is -0.359 e. The minimum atomic E-state index is -3.75. The summed E-state index contributed by atoms with van der Waals surface area (Å²) in [6.45, 7) is 3.46. The molecule has 0 saturated heterocycles. The van der Waals surface area contributed by atoms with Gasteiger partial charge in [0.25, 0.3) is 0 Å². The van der Waals surface area contributed by atoms with Crippen molar-refractivity contribution >= 4 is 25.5 Å². The quantitative estimate of drug-likeness (QED) is 0.699. The lowest BCUT2D eigenvalue weighted by molar-refractivity contribution is 0.103. The summed E-state index contributed by atoms with van der Waals surface area (Å²) in [4.78, 5) is 13.0. The van der Waals surface area contributed by atoms with Gasteiger partial charge in [-0.2, -0.15) is 0 Å². The molecule has 0 radical (unpaired) electrons. The first-order valence-electron chi connectivity index (χ1n) is 7.50. The van der Waals surface area contributed by atoms with Crippen LogP contribution < -0.4 is 0 Å². The molecule has 0 bridgehead atoms. The molecule has 0 spiro atoms. The van der Waals surface area contributed by atoms with E-state index in [9.17, 15) is 21.6 Å². The molecule has 0 aliphatic rings. The zero-order valence-corrected chi connectivity index (χ0v) is 16.0. The van der Waals surface area contributed by atoms with E-state index in [0.29, 0.717) is 18.4 Å². The van der Waals surface area contributed by atoms with Crippen LogP contribution in [-0.4, -0.2) is 40.3 Å². The molecule has 0 unspecified atom stereocenters. The van der Waals surface area contributed by atoms with E-state index in [1.807, 2.05) is 6.92 Å². The van der Waals surface area contributed by atoms with Crippen molar-refractivity contribution in [1.82, 2.24) is 5.16 Å². The number of benzene rings is 1. The van der Waals surface area contributed by atoms with Crippen molar-refractivity contribution in [2.45, 2.75) is 36.6 Å². The summed E-state index contributed by atoms with van der Waals surface area (Å²) in [6, 6.07) is 4.08. The molecule has 0 atom stereocenters. The average Bonchev–Trinajstić information content (AvgIpc) is 2.89. The molecular weight excluding hydrogens is 366 g/mol. The van der Waals surface area contributed by atoms with E-state index < -0.39 is 30.5 Å². The molecule has 1 aromatic carbocycles. The van der Waals surface area contributed by atoms with Gasteiger partial charge in [-0.15, -0.1) is 0 Å². The van der Waals surface area contributed by atoms with Gasteiger partial charge in [0.1, 0.15) is 11.3 Å². The SMILES string of the molecule is CCCc1onc(S(C)(=O)=O)c1C(=O)c1ccc(S(C)(=O)=O)cc1C. The largest absolute Gasteiger partial charge is 0.359 e. The molecule has 1 heterocycles. The van der Waals surface area contributed by atoms with Crippen LogP contribution in [0.1, 0.15) is 40.6 Å². The fraction of sp³-hybridized carbons (Fsp3) is 0.375. The van der Waals surface area contributed by atoms with Crippen molar-refractivity contribution in [2.24, 2.45) is 0 Å². The van der Waals surface area contributed by atoms with Crippen molar-refractivity contribution in [2.75, 3.05) is 12.5 Å². The van der Waals surface area contributed by atoms with Gasteiger partial charge in [0.15, 0.2) is 25.5 Å². The minimum absolute atomic E-state index is 0.0837. The third-order valence-electron chi connectivity index (χ3n) is 3.66. The van der Waals surface area contributed by atoms with E-state index in [1.165, 1.54) is 18.2 Å². The van der Waals surface area contributed by atoms with Crippen molar-refractivity contribution in [1.29, 1.82) is 0 Å². The Bertz CT molecular complexity index is 1030. The van der Waals surface area contributed by atoms with Gasteiger partial charge in [0, 0.05) is 24.5 Å². The molecule has 9 heteroatoms. The predicted molar refractivity (Wildman–Crippen MR) is 91.3 cm³/mol. The van der Waals surface area contributed by atoms with Crippen LogP contribution in [0.25, 0.3) is 0 Å². The maximum Gasteiger partial charge on any atom is 0.209 e. The van der Waals surface area contributed by atoms with Crippen molar-refractivity contribution < 1.29 is 26.2 Å². The molecule has 7 nitrogen and oxygen atoms in total. The number of ketones is 1. The molecule has 2 aromatic rings. The van der Waals surface area contributed by atoms with Crippen LogP contribution >= 0.6 is 0 Å². The first-order valence-corrected chi connectivity index (χ1v) is 11.3. The Morgan fingerprint density at radius 2 is 1.76 bits per heavy atom. The number of hydrogen-bond donors (Lipinski definition) is 0. The summed E-state index contributed by atoms with van der Waals surface area (Å²) in [5, 5.41) is 3.16. The highest BCUT2D eigenvalue weighted by Gasteiger charge is 2.30. The summed E-state index contributed by atoms with van der Waals surface area (Å²) < 4.78 is 52.2. The van der Waals surface area contributed by atoms with Gasteiger partial charge in [-0.1, -0.05) is 12.1 Å². The average molecular weight is 385 g/mol. The summed E-state index contributed by atoms with van der Waals surface area (Å²) in [7, 11) is -7.16. The number of sulfone groups is 2. The van der Waals surface area contributed by atoms with Gasteiger partial charge >= 0.3 is 0 Å². The topological polar surface area (TPSA) is 111 Å². The predicted octanol–water partition coefficient (Wildman–Crippen LogP) is 1.97. The highest BCUT2D eigenvalue weighted by Crippen LogP contribution is 2.26. The molecule has 0 N–H and O–H groups in total. The van der Waals surface area contributed by atoms with Crippen LogP contribution in [0.5, 0.6) is 0 Å². The number of carbonyl (C=O) groups is 1. The number of aryl methyl sites for hydroxylation is 2. The van der Waals surface area contributed by atoms with Crippen LogP contribution in [0.3, 0.4) is 0 Å². The van der Waals surface area contributed by atoms with E-state index in [1.54, 1.807) is 6.92 Å². The van der Waals surface area contributed by atoms with Gasteiger partial charge in [0.2, 0.25) is 5.03 Å². The molecule has 0 saturated carbocycles. The van der Waals surface area contributed by atoms with E-state index >= 15 is 0 Å². The molecule has 0 aliphatic carbocycles. The van der Waals surface area contributed by atoms with Crippen LogP contribution in [0.15, 0.2) is 32.6 Å². The van der Waals surface area contributed by atoms with Crippen molar-refractivity contribution in [3.8, 4) is 0 Å². The maximum atomic E-state index is 12.9. The Labute approximate surface area is 146 Å². The monoisotopic (exact) mass is 385 g/mol. The molecule has 2 rings (SSSR count). The number of carbonyl (C=O) groups excluding carboxylic acids is 1. The van der Waals surface area contributed by atoms with Gasteiger partial charge < -0.3 is 4.52 Å². The lowest BCUT2D eigenvalue weighted by Crippen LogP contribution is -2.12. The lowest BCUT2D eigenvalue weighted by atomic mass is 9.98. The fourth-order valence-corrected chi connectivity index (χ4v) is 3.89. The van der Waals surface area contributed by atoms with Crippen LogP contribution in [-0.2, 0) is 26.1 Å². The molecule has 0 amide bonds. The summed E-state index contributed by atoms with van der Waals surface area (Å²) in [6.07, 6.45) is 3.04. The Kier molecular flexibility index (Phi) is 5.19. The maximum absolute atomic E-state index is 12.9. The molecule has 25 heavy (non-hydrogen) atoms. The smallest absolute Gasteiger partial charge is 0.209 e. The van der Waals surface area contributed by atoms with Crippen molar-refractivity contribution in [3.05, 3.63) is 40.6 Å². The van der Waals surface area contributed by atoms with Crippen molar-refractivity contribution in [3.63, 3.8) is 0 Å². The van der Waals surface area contributed by atoms with E-state index in [4.69, 9.17) is 4.52 Å². The Morgan fingerprint density at radius 3 is 2.24 bits per heavy atom. The normalized spacial score (nSPS) is 12.3. The molecule has 0 fully saturated rings. The third kappa shape index (κ3) is 3.98. The first kappa shape index (κ1) is 19.3. The summed E-state index contributed by atoms with van der Waals surface area (Å²) in [5.74, 6) is -0.345. The standard InChI is InChI=1S/C16H19NO6S2/c1-5-6-13-14(16(17-23-13)25(4,21)22)15(18)12-8-7-11(9-10(12)2)24(3,19)20/h7-9H,5-6H2,1-4H3. The van der Waals surface area contributed by atoms with Crippen LogP contribution in [0.4, 0.5) is 0 Å². The second kappa shape index (κ2) is 6.72. The second-order valence-electron chi connectivity index (χ2n) is 5.89. The number of rotatable bonds is 6. The van der Waals surface area contributed by atoms with Gasteiger partial charge in [-0.3, -0.25) is 4.79 Å². The van der Waals surface area contributed by atoms with Crippen LogP contribution in [0.2, 0.25) is 0 Å². The number of nitrogens with zero attached hydrogens (tertiary/aromatic N) is 1. The van der Waals surface area contributed by atoms with E-state index in [2.05, 4.69) is 5.16 Å². The third-order valence-corrected chi connectivity index (χ3v) is 5.75. The second-order valence-corrected chi connectivity index (χ2v) is 9.83. The van der Waals surface area contributed by atoms with Gasteiger partial charge in [0.05, 0.1) is 4.90 Å². The van der Waals surface area contributed by atoms with E-state index in [-0.39, 0.29) is 21.8 Å². The highest BCUT2D eigenvalue weighted by molar-refractivity contribution is 7.91. The van der Waals surface area contributed by atoms with Crippen LogP contribution in [0, 0.1) is 6.92 Å². The van der Waals surface area contributed by atoms with Gasteiger partial charge in [-0.05, 0) is 37.1 Å². The molecular formula is C16H19NO6S2. The number of aromatic nitrogens is 1.